The average Bonchev–Trinajstić information content (AvgIpc) is 2.42. The third kappa shape index (κ3) is 3.17. The van der Waals surface area contributed by atoms with E-state index in [0.717, 1.165) is 5.56 Å². The smallest absolute Gasteiger partial charge is 0.150 e. The van der Waals surface area contributed by atoms with Crippen LogP contribution in [0, 0.1) is 0 Å². The van der Waals surface area contributed by atoms with Crippen LogP contribution in [0.2, 0.25) is 5.02 Å². The number of halogens is 1. The van der Waals surface area contributed by atoms with E-state index in [4.69, 9.17) is 27.3 Å². The fourth-order valence-electron chi connectivity index (χ4n) is 1.56. The van der Waals surface area contributed by atoms with Crippen LogP contribution in [0.4, 0.5) is 5.69 Å². The number of ether oxygens (including phenoxy) is 1. The van der Waals surface area contributed by atoms with Gasteiger partial charge >= 0.3 is 0 Å². The van der Waals surface area contributed by atoms with Crippen LogP contribution in [0.3, 0.4) is 0 Å². The Bertz CT molecular complexity index is 609. The molecule has 2 aromatic carbocycles. The van der Waals surface area contributed by atoms with E-state index in [1.807, 2.05) is 0 Å². The van der Waals surface area contributed by atoms with Crippen molar-refractivity contribution >= 4 is 23.0 Å². The van der Waals surface area contributed by atoms with Crippen molar-refractivity contribution in [3.8, 4) is 11.5 Å². The Labute approximate surface area is 116 Å². The van der Waals surface area contributed by atoms with Gasteiger partial charge in [0.25, 0.3) is 0 Å². The zero-order chi connectivity index (χ0) is 13.8. The van der Waals surface area contributed by atoms with Gasteiger partial charge in [-0.1, -0.05) is 16.8 Å². The molecule has 0 saturated heterocycles. The Kier molecular flexibility index (Phi) is 3.92. The van der Waals surface area contributed by atoms with Crippen LogP contribution in [-0.2, 0) is 0 Å². The van der Waals surface area contributed by atoms with Crippen molar-refractivity contribution < 1.29 is 9.94 Å². The maximum atomic E-state index is 8.68. The van der Waals surface area contributed by atoms with Crippen molar-refractivity contribution in [3.63, 3.8) is 0 Å². The second-order valence-corrected chi connectivity index (χ2v) is 4.43. The molecule has 2 aromatic rings. The highest BCUT2D eigenvalue weighted by Crippen LogP contribution is 2.29. The lowest BCUT2D eigenvalue weighted by Gasteiger charge is -2.09. The van der Waals surface area contributed by atoms with Crippen molar-refractivity contribution in [2.45, 2.75) is 6.92 Å². The zero-order valence-corrected chi connectivity index (χ0v) is 11.1. The minimum Gasteiger partial charge on any atom is -0.455 e. The second-order valence-electron chi connectivity index (χ2n) is 3.99. The number of hydrogen-bond acceptors (Lipinski definition) is 4. The van der Waals surface area contributed by atoms with Crippen molar-refractivity contribution in [3.05, 3.63) is 53.1 Å². The van der Waals surface area contributed by atoms with E-state index in [1.54, 1.807) is 49.4 Å². The summed E-state index contributed by atoms with van der Waals surface area (Å²) < 4.78 is 5.65. The van der Waals surface area contributed by atoms with Gasteiger partial charge in [-0.2, -0.15) is 0 Å². The summed E-state index contributed by atoms with van der Waals surface area (Å²) >= 11 is 5.82. The van der Waals surface area contributed by atoms with Crippen molar-refractivity contribution in [1.82, 2.24) is 0 Å². The third-order valence-electron chi connectivity index (χ3n) is 2.62. The Morgan fingerprint density at radius 3 is 2.47 bits per heavy atom. The summed E-state index contributed by atoms with van der Waals surface area (Å²) in [7, 11) is 0. The summed E-state index contributed by atoms with van der Waals surface area (Å²) in [6.07, 6.45) is 0. The molecule has 98 valence electrons. The van der Waals surface area contributed by atoms with E-state index in [9.17, 15) is 0 Å². The molecule has 0 radical (unpaired) electrons. The molecule has 3 N–H and O–H groups in total. The van der Waals surface area contributed by atoms with Gasteiger partial charge in [0.1, 0.15) is 11.5 Å². The molecule has 0 aliphatic carbocycles. The fraction of sp³-hybridized carbons (Fsp3) is 0.0714. The molecule has 0 saturated carbocycles. The normalized spacial score (nSPS) is 11.4. The van der Waals surface area contributed by atoms with Crippen LogP contribution in [0.15, 0.2) is 47.6 Å². The standard InChI is InChI=1S/C14H13ClN2O2/c1-9(17-18)10-2-5-12(6-3-10)19-14-7-4-11(15)8-13(14)16/h2-8,18H,16H2,1H3/b17-9+. The summed E-state index contributed by atoms with van der Waals surface area (Å²) in [5, 5.41) is 12.4. The highest BCUT2D eigenvalue weighted by Gasteiger charge is 2.04. The van der Waals surface area contributed by atoms with Gasteiger partial charge < -0.3 is 15.7 Å². The first-order valence-corrected chi connectivity index (χ1v) is 6.00. The number of benzene rings is 2. The number of nitrogens with zero attached hydrogens (tertiary/aromatic N) is 1. The number of oxime groups is 1. The summed E-state index contributed by atoms with van der Waals surface area (Å²) in [6.45, 7) is 1.72. The molecule has 4 nitrogen and oxygen atoms in total. The average molecular weight is 277 g/mol. The first kappa shape index (κ1) is 13.2. The Morgan fingerprint density at radius 1 is 1.21 bits per heavy atom. The summed E-state index contributed by atoms with van der Waals surface area (Å²) in [6, 6.07) is 12.2. The first-order chi connectivity index (χ1) is 9.10. The predicted octanol–water partition coefficient (Wildman–Crippen LogP) is 3.91. The summed E-state index contributed by atoms with van der Waals surface area (Å²) in [5.74, 6) is 1.19. The van der Waals surface area contributed by atoms with Gasteiger partial charge in [-0.25, -0.2) is 0 Å². The number of anilines is 1. The summed E-state index contributed by atoms with van der Waals surface area (Å²) in [5.41, 5.74) is 7.64. The number of hydrogen-bond donors (Lipinski definition) is 2. The zero-order valence-electron chi connectivity index (χ0n) is 10.3. The van der Waals surface area contributed by atoms with Crippen molar-refractivity contribution in [1.29, 1.82) is 0 Å². The van der Waals surface area contributed by atoms with Crippen molar-refractivity contribution in [2.75, 3.05) is 5.73 Å². The second kappa shape index (κ2) is 5.63. The lowest BCUT2D eigenvalue weighted by Crippen LogP contribution is -1.95. The maximum absolute atomic E-state index is 8.68. The molecule has 0 aromatic heterocycles. The molecule has 0 spiro atoms. The minimum absolute atomic E-state index is 0.477. The Hall–Kier alpha value is -2.20. The molecule has 0 fully saturated rings. The van der Waals surface area contributed by atoms with Gasteiger partial charge in [-0.3, -0.25) is 0 Å². The maximum Gasteiger partial charge on any atom is 0.150 e. The number of nitrogens with two attached hydrogens (primary N) is 1. The summed E-state index contributed by atoms with van der Waals surface area (Å²) in [4.78, 5) is 0. The lowest BCUT2D eigenvalue weighted by molar-refractivity contribution is 0.319. The number of rotatable bonds is 3. The molecule has 0 heterocycles. The highest BCUT2D eigenvalue weighted by atomic mass is 35.5. The van der Waals surface area contributed by atoms with Crippen LogP contribution in [0.5, 0.6) is 11.5 Å². The van der Waals surface area contributed by atoms with E-state index in [1.165, 1.54) is 0 Å². The third-order valence-corrected chi connectivity index (χ3v) is 2.86. The number of nitrogen functional groups attached to an aromatic ring is 1. The SMILES string of the molecule is C/C(=N\O)c1ccc(Oc2ccc(Cl)cc2N)cc1. The van der Waals surface area contributed by atoms with Crippen LogP contribution >= 0.6 is 11.6 Å². The predicted molar refractivity (Wildman–Crippen MR) is 76.4 cm³/mol. The van der Waals surface area contributed by atoms with Gasteiger partial charge in [0.05, 0.1) is 11.4 Å². The molecule has 0 aliphatic rings. The van der Waals surface area contributed by atoms with E-state index >= 15 is 0 Å². The molecule has 2 rings (SSSR count). The monoisotopic (exact) mass is 276 g/mol. The Balaban J connectivity index is 2.20. The molecule has 0 amide bonds. The van der Waals surface area contributed by atoms with Crippen LogP contribution in [0.1, 0.15) is 12.5 Å². The molecule has 5 heteroatoms. The van der Waals surface area contributed by atoms with Crippen LogP contribution in [-0.4, -0.2) is 10.9 Å². The Morgan fingerprint density at radius 2 is 1.89 bits per heavy atom. The van der Waals surface area contributed by atoms with Crippen LogP contribution in [0.25, 0.3) is 0 Å². The molecule has 0 atom stereocenters. The van der Waals surface area contributed by atoms with E-state index in [2.05, 4.69) is 5.16 Å². The van der Waals surface area contributed by atoms with E-state index < -0.39 is 0 Å². The molecule has 19 heavy (non-hydrogen) atoms. The molecule has 0 aliphatic heterocycles. The molecular formula is C14H13ClN2O2. The van der Waals surface area contributed by atoms with E-state index in [0.29, 0.717) is 27.9 Å². The molecule has 0 unspecified atom stereocenters. The van der Waals surface area contributed by atoms with Crippen LogP contribution < -0.4 is 10.5 Å². The van der Waals surface area contributed by atoms with Gasteiger partial charge in [-0.15, -0.1) is 0 Å². The quantitative estimate of drug-likeness (QED) is 0.386. The molecule has 0 bridgehead atoms. The molecular weight excluding hydrogens is 264 g/mol. The van der Waals surface area contributed by atoms with Gasteiger partial charge in [-0.05, 0) is 55.0 Å². The minimum atomic E-state index is 0.477. The largest absolute Gasteiger partial charge is 0.455 e. The highest BCUT2D eigenvalue weighted by molar-refractivity contribution is 6.30. The van der Waals surface area contributed by atoms with Gasteiger partial charge in [0, 0.05) is 5.02 Å². The van der Waals surface area contributed by atoms with Gasteiger partial charge in [0.15, 0.2) is 0 Å². The topological polar surface area (TPSA) is 67.8 Å². The fourth-order valence-corrected chi connectivity index (χ4v) is 1.74. The first-order valence-electron chi connectivity index (χ1n) is 5.62. The van der Waals surface area contributed by atoms with Gasteiger partial charge in [0.2, 0.25) is 0 Å². The van der Waals surface area contributed by atoms with Crippen molar-refractivity contribution in [2.24, 2.45) is 5.16 Å². The van der Waals surface area contributed by atoms with E-state index in [-0.39, 0.29) is 0 Å². The lowest BCUT2D eigenvalue weighted by atomic mass is 10.1.